The van der Waals surface area contributed by atoms with E-state index < -0.39 is 11.9 Å². The molecule has 0 saturated heterocycles. The molecule has 0 aromatic heterocycles. The van der Waals surface area contributed by atoms with Crippen LogP contribution in [0.15, 0.2) is 59.2 Å². The minimum atomic E-state index is -0.579. The van der Waals surface area contributed by atoms with Crippen molar-refractivity contribution >= 4 is 53.2 Å². The molecule has 2 aromatic carbocycles. The summed E-state index contributed by atoms with van der Waals surface area (Å²) >= 11 is 12.1. The van der Waals surface area contributed by atoms with Crippen LogP contribution in [0.5, 0.6) is 5.75 Å². The van der Waals surface area contributed by atoms with Crippen molar-refractivity contribution in [1.29, 1.82) is 0 Å². The standard InChI is InChI=1S/C20H13Cl2NO4/c1-12(24)26-15-6-2-4-13(10-15)11-17-20(25)27-18(23-17)9-8-14-5-3-7-16(21)19(14)22/h2-11H,1H3/b9-8+,17-11-. The number of cyclic esters (lactones) is 1. The molecule has 0 atom stereocenters. The minimum Gasteiger partial charge on any atom is -0.427 e. The van der Waals surface area contributed by atoms with Crippen LogP contribution in [0.4, 0.5) is 0 Å². The number of benzene rings is 2. The van der Waals surface area contributed by atoms with E-state index in [1.165, 1.54) is 13.0 Å². The van der Waals surface area contributed by atoms with Gasteiger partial charge in [0.2, 0.25) is 5.90 Å². The molecule has 0 amide bonds. The Hall–Kier alpha value is -2.89. The summed E-state index contributed by atoms with van der Waals surface area (Å²) in [5.74, 6) is -0.490. The lowest BCUT2D eigenvalue weighted by Crippen LogP contribution is -2.02. The molecule has 0 bridgehead atoms. The molecule has 1 heterocycles. The lowest BCUT2D eigenvalue weighted by atomic mass is 10.2. The molecular formula is C20H13Cl2NO4. The largest absolute Gasteiger partial charge is 0.427 e. The first-order valence-corrected chi connectivity index (χ1v) is 8.61. The topological polar surface area (TPSA) is 65.0 Å². The SMILES string of the molecule is CC(=O)Oc1cccc(/C=C2N=C(/C=C/c3cccc(Cl)c3Cl)OC\2=O)c1. The first-order chi connectivity index (χ1) is 12.9. The van der Waals surface area contributed by atoms with Crippen LogP contribution >= 0.6 is 23.2 Å². The second-order valence-corrected chi connectivity index (χ2v) is 6.30. The summed E-state index contributed by atoms with van der Waals surface area (Å²) in [4.78, 5) is 27.2. The maximum absolute atomic E-state index is 12.0. The van der Waals surface area contributed by atoms with Crippen molar-refractivity contribution < 1.29 is 19.1 Å². The zero-order chi connectivity index (χ0) is 19.4. The lowest BCUT2D eigenvalue weighted by molar-refractivity contribution is -0.132. The highest BCUT2D eigenvalue weighted by atomic mass is 35.5. The molecule has 0 radical (unpaired) electrons. The molecule has 5 nitrogen and oxygen atoms in total. The van der Waals surface area contributed by atoms with Gasteiger partial charge in [0.15, 0.2) is 5.70 Å². The van der Waals surface area contributed by atoms with E-state index >= 15 is 0 Å². The predicted octanol–water partition coefficient (Wildman–Crippen LogP) is 4.93. The van der Waals surface area contributed by atoms with Crippen LogP contribution in [0.3, 0.4) is 0 Å². The Bertz CT molecular complexity index is 1010. The summed E-state index contributed by atoms with van der Waals surface area (Å²) in [5.41, 5.74) is 1.45. The number of carbonyl (C=O) groups excluding carboxylic acids is 2. The summed E-state index contributed by atoms with van der Waals surface area (Å²) in [6.45, 7) is 1.31. The monoisotopic (exact) mass is 401 g/mol. The number of nitrogens with zero attached hydrogens (tertiary/aromatic N) is 1. The van der Waals surface area contributed by atoms with Crippen molar-refractivity contribution in [2.24, 2.45) is 4.99 Å². The molecule has 136 valence electrons. The fourth-order valence-corrected chi connectivity index (χ4v) is 2.67. The van der Waals surface area contributed by atoms with E-state index in [4.69, 9.17) is 32.7 Å². The van der Waals surface area contributed by atoms with Crippen molar-refractivity contribution in [3.05, 3.63) is 75.4 Å². The predicted molar refractivity (Wildman–Crippen MR) is 105 cm³/mol. The van der Waals surface area contributed by atoms with Crippen molar-refractivity contribution in [1.82, 2.24) is 0 Å². The molecule has 0 saturated carbocycles. The van der Waals surface area contributed by atoms with Crippen LogP contribution in [0.2, 0.25) is 10.0 Å². The van der Waals surface area contributed by atoms with E-state index in [2.05, 4.69) is 4.99 Å². The van der Waals surface area contributed by atoms with Crippen molar-refractivity contribution in [3.8, 4) is 5.75 Å². The average molecular weight is 402 g/mol. The molecule has 3 rings (SSSR count). The molecule has 2 aromatic rings. The van der Waals surface area contributed by atoms with E-state index in [0.717, 1.165) is 0 Å². The van der Waals surface area contributed by atoms with Gasteiger partial charge in [0, 0.05) is 13.0 Å². The van der Waals surface area contributed by atoms with Crippen LogP contribution in [0.1, 0.15) is 18.1 Å². The summed E-state index contributed by atoms with van der Waals surface area (Å²) in [5, 5.41) is 0.829. The van der Waals surface area contributed by atoms with Crippen LogP contribution in [0, 0.1) is 0 Å². The first-order valence-electron chi connectivity index (χ1n) is 7.85. The van der Waals surface area contributed by atoms with Crippen molar-refractivity contribution in [3.63, 3.8) is 0 Å². The maximum Gasteiger partial charge on any atom is 0.363 e. The van der Waals surface area contributed by atoms with Gasteiger partial charge in [0.25, 0.3) is 0 Å². The van der Waals surface area contributed by atoms with Crippen molar-refractivity contribution in [2.75, 3.05) is 0 Å². The third-order valence-electron chi connectivity index (χ3n) is 3.45. The molecule has 27 heavy (non-hydrogen) atoms. The van der Waals surface area contributed by atoms with E-state index in [0.29, 0.717) is 26.9 Å². The Labute approximate surface area is 165 Å². The molecular weight excluding hydrogens is 389 g/mol. The molecule has 7 heteroatoms. The Morgan fingerprint density at radius 2 is 1.93 bits per heavy atom. The van der Waals surface area contributed by atoms with E-state index in [1.807, 2.05) is 0 Å². The van der Waals surface area contributed by atoms with E-state index in [1.54, 1.807) is 54.6 Å². The van der Waals surface area contributed by atoms with Gasteiger partial charge in [-0.1, -0.05) is 47.5 Å². The summed E-state index contributed by atoms with van der Waals surface area (Å²) in [7, 11) is 0. The number of rotatable bonds is 4. The third kappa shape index (κ3) is 4.84. The van der Waals surface area contributed by atoms with Gasteiger partial charge in [0.1, 0.15) is 5.75 Å². The van der Waals surface area contributed by atoms with Gasteiger partial charge in [-0.05, 0) is 41.5 Å². The fraction of sp³-hybridized carbons (Fsp3) is 0.0500. The maximum atomic E-state index is 12.0. The smallest absolute Gasteiger partial charge is 0.363 e. The van der Waals surface area contributed by atoms with Crippen LogP contribution in [0.25, 0.3) is 12.2 Å². The third-order valence-corrected chi connectivity index (χ3v) is 4.28. The molecule has 1 aliphatic heterocycles. The number of esters is 2. The number of ether oxygens (including phenoxy) is 2. The molecule has 0 fully saturated rings. The Kier molecular flexibility index (Phi) is 5.74. The Balaban J connectivity index is 1.82. The number of hydrogen-bond donors (Lipinski definition) is 0. The number of aliphatic imine (C=N–C) groups is 1. The van der Waals surface area contributed by atoms with Gasteiger partial charge in [-0.25, -0.2) is 9.79 Å². The van der Waals surface area contributed by atoms with Crippen molar-refractivity contribution in [2.45, 2.75) is 6.92 Å². The van der Waals surface area contributed by atoms with Gasteiger partial charge >= 0.3 is 11.9 Å². The second-order valence-electron chi connectivity index (χ2n) is 5.51. The second kappa shape index (κ2) is 8.20. The van der Waals surface area contributed by atoms with Crippen LogP contribution in [-0.4, -0.2) is 17.8 Å². The molecule has 0 spiro atoms. The number of carbonyl (C=O) groups is 2. The number of halogens is 2. The Morgan fingerprint density at radius 1 is 1.15 bits per heavy atom. The lowest BCUT2D eigenvalue weighted by Gasteiger charge is -2.01. The van der Waals surface area contributed by atoms with Gasteiger partial charge in [-0.15, -0.1) is 0 Å². The molecule has 0 unspecified atom stereocenters. The summed E-state index contributed by atoms with van der Waals surface area (Å²) < 4.78 is 10.1. The summed E-state index contributed by atoms with van der Waals surface area (Å²) in [6, 6.07) is 11.9. The molecule has 0 N–H and O–H groups in total. The van der Waals surface area contributed by atoms with Crippen LogP contribution < -0.4 is 4.74 Å². The Morgan fingerprint density at radius 3 is 2.70 bits per heavy atom. The first kappa shape index (κ1) is 18.9. The van der Waals surface area contributed by atoms with Crippen LogP contribution in [-0.2, 0) is 14.3 Å². The minimum absolute atomic E-state index is 0.131. The zero-order valence-electron chi connectivity index (χ0n) is 14.1. The highest BCUT2D eigenvalue weighted by molar-refractivity contribution is 6.42. The normalized spacial score (nSPS) is 15.1. The van der Waals surface area contributed by atoms with Gasteiger partial charge in [0.05, 0.1) is 10.0 Å². The molecule has 0 aliphatic carbocycles. The van der Waals surface area contributed by atoms with Gasteiger partial charge < -0.3 is 9.47 Å². The number of hydrogen-bond acceptors (Lipinski definition) is 5. The quantitative estimate of drug-likeness (QED) is 0.413. The summed E-state index contributed by atoms with van der Waals surface area (Å²) in [6.07, 6.45) is 4.73. The fourth-order valence-electron chi connectivity index (χ4n) is 2.30. The van der Waals surface area contributed by atoms with Gasteiger partial charge in [-0.3, -0.25) is 4.79 Å². The highest BCUT2D eigenvalue weighted by Gasteiger charge is 2.21. The highest BCUT2D eigenvalue weighted by Crippen LogP contribution is 2.27. The van der Waals surface area contributed by atoms with E-state index in [9.17, 15) is 9.59 Å². The molecule has 1 aliphatic rings. The average Bonchev–Trinajstić information content (AvgIpc) is 2.95. The zero-order valence-corrected chi connectivity index (χ0v) is 15.6. The van der Waals surface area contributed by atoms with E-state index in [-0.39, 0.29) is 11.6 Å². The van der Waals surface area contributed by atoms with Gasteiger partial charge in [-0.2, -0.15) is 0 Å².